The average molecular weight is 471 g/mol. The third-order valence-corrected chi connectivity index (χ3v) is 6.69. The number of benzene rings is 2. The average Bonchev–Trinajstić information content (AvgIpc) is 3.27. The fourth-order valence-corrected chi connectivity index (χ4v) is 4.71. The maximum absolute atomic E-state index is 12.9. The number of carbonyl (C=O) groups is 2. The summed E-state index contributed by atoms with van der Waals surface area (Å²) in [5.41, 5.74) is 2.89. The van der Waals surface area contributed by atoms with Gasteiger partial charge in [-0.15, -0.1) is 11.3 Å². The number of hydrogen-bond acceptors (Lipinski definition) is 5. The molecule has 1 amide bonds. The molecule has 0 bridgehead atoms. The molecule has 0 radical (unpaired) electrons. The second kappa shape index (κ2) is 13.1. The standard InChI is InChI=1S/C25H27FN2O2S2/c26-21-14-11-19(12-15-21)13-16-24(30)31-17-7-2-1-6-10-23(29)28-25-27-22(18-32-25)20-8-4-3-5-9-20/h3-5,8-9,11-12,14-15,18H,1-2,6-7,10,13,16-17H2,(H,27,28,29). The lowest BCUT2D eigenvalue weighted by molar-refractivity contribution is -0.116. The minimum absolute atomic E-state index is 0.00990. The molecule has 3 rings (SSSR count). The van der Waals surface area contributed by atoms with E-state index in [-0.39, 0.29) is 16.8 Å². The van der Waals surface area contributed by atoms with E-state index in [9.17, 15) is 14.0 Å². The predicted octanol–water partition coefficient (Wildman–Crippen LogP) is 6.73. The van der Waals surface area contributed by atoms with Gasteiger partial charge in [0.1, 0.15) is 5.82 Å². The lowest BCUT2D eigenvalue weighted by Crippen LogP contribution is -2.10. The summed E-state index contributed by atoms with van der Waals surface area (Å²) in [6, 6.07) is 16.2. The number of aromatic nitrogens is 1. The molecule has 1 N–H and O–H groups in total. The molecule has 0 aliphatic heterocycles. The Balaban J connectivity index is 1.21. The molecular formula is C25H27FN2O2S2. The summed E-state index contributed by atoms with van der Waals surface area (Å²) in [6.45, 7) is 0. The van der Waals surface area contributed by atoms with E-state index in [1.807, 2.05) is 35.7 Å². The molecule has 168 valence electrons. The zero-order chi connectivity index (χ0) is 22.6. The summed E-state index contributed by atoms with van der Waals surface area (Å²) in [5.74, 6) is 0.534. The highest BCUT2D eigenvalue weighted by molar-refractivity contribution is 8.13. The number of unbranched alkanes of at least 4 members (excludes halogenated alkanes) is 3. The number of thioether (sulfide) groups is 1. The van der Waals surface area contributed by atoms with Crippen LogP contribution in [0.2, 0.25) is 0 Å². The summed E-state index contributed by atoms with van der Waals surface area (Å²) in [6.07, 6.45) is 5.34. The van der Waals surface area contributed by atoms with E-state index in [2.05, 4.69) is 10.3 Å². The third-order valence-electron chi connectivity index (χ3n) is 4.91. The van der Waals surface area contributed by atoms with Crippen LogP contribution in [0.5, 0.6) is 0 Å². The molecule has 0 atom stereocenters. The molecule has 1 heterocycles. The molecular weight excluding hydrogens is 443 g/mol. The van der Waals surface area contributed by atoms with Crippen molar-refractivity contribution in [3.05, 3.63) is 71.4 Å². The third kappa shape index (κ3) is 8.55. The fourth-order valence-electron chi connectivity index (χ4n) is 3.15. The van der Waals surface area contributed by atoms with Gasteiger partial charge >= 0.3 is 0 Å². The molecule has 32 heavy (non-hydrogen) atoms. The molecule has 7 heteroatoms. The minimum Gasteiger partial charge on any atom is -0.302 e. The van der Waals surface area contributed by atoms with E-state index >= 15 is 0 Å². The van der Waals surface area contributed by atoms with Crippen molar-refractivity contribution in [2.24, 2.45) is 0 Å². The van der Waals surface area contributed by atoms with Gasteiger partial charge < -0.3 is 5.32 Å². The number of nitrogens with zero attached hydrogens (tertiary/aromatic N) is 1. The molecule has 0 unspecified atom stereocenters. The fraction of sp³-hybridized carbons (Fsp3) is 0.320. The number of thiazole rings is 1. The van der Waals surface area contributed by atoms with Crippen LogP contribution < -0.4 is 5.32 Å². The van der Waals surface area contributed by atoms with E-state index < -0.39 is 0 Å². The minimum atomic E-state index is -0.257. The zero-order valence-corrected chi connectivity index (χ0v) is 19.5. The number of anilines is 1. The van der Waals surface area contributed by atoms with Crippen LogP contribution in [-0.2, 0) is 16.0 Å². The summed E-state index contributed by atoms with van der Waals surface area (Å²) in [4.78, 5) is 28.6. The van der Waals surface area contributed by atoms with Crippen molar-refractivity contribution >= 4 is 39.3 Å². The number of nitrogens with one attached hydrogen (secondary N) is 1. The molecule has 0 fully saturated rings. The molecule has 0 aliphatic rings. The first kappa shape index (κ1) is 24.1. The van der Waals surface area contributed by atoms with Crippen LogP contribution in [0.15, 0.2) is 60.0 Å². The highest BCUT2D eigenvalue weighted by atomic mass is 32.2. The van der Waals surface area contributed by atoms with Crippen molar-refractivity contribution in [3.63, 3.8) is 0 Å². The van der Waals surface area contributed by atoms with Crippen LogP contribution in [0.25, 0.3) is 11.3 Å². The second-order valence-electron chi connectivity index (χ2n) is 7.46. The van der Waals surface area contributed by atoms with Gasteiger partial charge in [0.25, 0.3) is 0 Å². The Bertz CT molecular complexity index is 991. The smallest absolute Gasteiger partial charge is 0.226 e. The van der Waals surface area contributed by atoms with Crippen molar-refractivity contribution < 1.29 is 14.0 Å². The van der Waals surface area contributed by atoms with Crippen LogP contribution in [-0.4, -0.2) is 21.8 Å². The molecule has 0 saturated carbocycles. The molecule has 0 spiro atoms. The highest BCUT2D eigenvalue weighted by Crippen LogP contribution is 2.24. The van der Waals surface area contributed by atoms with Crippen molar-refractivity contribution in [3.8, 4) is 11.3 Å². The molecule has 3 aromatic rings. The van der Waals surface area contributed by atoms with Gasteiger partial charge in [-0.05, 0) is 37.0 Å². The Kier molecular flexibility index (Phi) is 9.91. The first-order chi connectivity index (χ1) is 15.6. The zero-order valence-electron chi connectivity index (χ0n) is 17.9. The van der Waals surface area contributed by atoms with Crippen LogP contribution in [0.1, 0.15) is 44.1 Å². The van der Waals surface area contributed by atoms with E-state index in [1.54, 1.807) is 12.1 Å². The monoisotopic (exact) mass is 470 g/mol. The van der Waals surface area contributed by atoms with Gasteiger partial charge in [-0.3, -0.25) is 9.59 Å². The van der Waals surface area contributed by atoms with Gasteiger partial charge in [0.15, 0.2) is 10.2 Å². The van der Waals surface area contributed by atoms with E-state index in [0.717, 1.165) is 48.3 Å². The molecule has 4 nitrogen and oxygen atoms in total. The maximum Gasteiger partial charge on any atom is 0.226 e. The molecule has 1 aromatic heterocycles. The second-order valence-corrected chi connectivity index (χ2v) is 9.47. The lowest BCUT2D eigenvalue weighted by Gasteiger charge is -2.03. The van der Waals surface area contributed by atoms with Crippen molar-refractivity contribution in [2.45, 2.75) is 44.9 Å². The number of rotatable bonds is 12. The number of amides is 1. The van der Waals surface area contributed by atoms with Crippen LogP contribution in [0.4, 0.5) is 9.52 Å². The largest absolute Gasteiger partial charge is 0.302 e. The lowest BCUT2D eigenvalue weighted by atomic mass is 10.1. The van der Waals surface area contributed by atoms with E-state index in [4.69, 9.17) is 0 Å². The van der Waals surface area contributed by atoms with Gasteiger partial charge in [-0.2, -0.15) is 0 Å². The first-order valence-corrected chi connectivity index (χ1v) is 12.7. The number of halogens is 1. The number of hydrogen-bond donors (Lipinski definition) is 1. The van der Waals surface area contributed by atoms with Crippen LogP contribution in [0, 0.1) is 5.82 Å². The number of aryl methyl sites for hydroxylation is 1. The summed E-state index contributed by atoms with van der Waals surface area (Å²) >= 11 is 2.80. The van der Waals surface area contributed by atoms with Gasteiger partial charge in [-0.25, -0.2) is 9.37 Å². The first-order valence-electron chi connectivity index (χ1n) is 10.8. The summed E-state index contributed by atoms with van der Waals surface area (Å²) in [5, 5.41) is 5.63. The van der Waals surface area contributed by atoms with Crippen molar-refractivity contribution in [1.29, 1.82) is 0 Å². The van der Waals surface area contributed by atoms with Gasteiger partial charge in [0, 0.05) is 29.5 Å². The van der Waals surface area contributed by atoms with Crippen molar-refractivity contribution in [2.75, 3.05) is 11.1 Å². The Morgan fingerprint density at radius 1 is 0.938 bits per heavy atom. The molecule has 0 aliphatic carbocycles. The molecule has 0 saturated heterocycles. The van der Waals surface area contributed by atoms with Gasteiger partial charge in [0.05, 0.1) is 5.69 Å². The quantitative estimate of drug-likeness (QED) is 0.298. The normalized spacial score (nSPS) is 10.8. The van der Waals surface area contributed by atoms with Crippen LogP contribution >= 0.6 is 23.1 Å². The van der Waals surface area contributed by atoms with Gasteiger partial charge in [0.2, 0.25) is 5.91 Å². The van der Waals surface area contributed by atoms with E-state index in [1.165, 1.54) is 35.2 Å². The summed E-state index contributed by atoms with van der Waals surface area (Å²) in [7, 11) is 0. The Morgan fingerprint density at radius 2 is 1.69 bits per heavy atom. The van der Waals surface area contributed by atoms with E-state index in [0.29, 0.717) is 24.4 Å². The van der Waals surface area contributed by atoms with Crippen LogP contribution in [0.3, 0.4) is 0 Å². The molecule has 2 aromatic carbocycles. The topological polar surface area (TPSA) is 59.1 Å². The van der Waals surface area contributed by atoms with Crippen molar-refractivity contribution in [1.82, 2.24) is 4.98 Å². The highest BCUT2D eigenvalue weighted by Gasteiger charge is 2.08. The van der Waals surface area contributed by atoms with Gasteiger partial charge in [-0.1, -0.05) is 67.1 Å². The number of carbonyl (C=O) groups excluding carboxylic acids is 2. The summed E-state index contributed by atoms with van der Waals surface area (Å²) < 4.78 is 12.9. The Morgan fingerprint density at radius 3 is 2.47 bits per heavy atom. The Hall–Kier alpha value is -2.51. The SMILES string of the molecule is O=C(CCCCCCSC(=O)CCc1ccc(F)cc1)Nc1nc(-c2ccccc2)cs1. The maximum atomic E-state index is 12.9. The Labute approximate surface area is 196 Å². The predicted molar refractivity (Wildman–Crippen MR) is 131 cm³/mol.